The number of rotatable bonds is 7. The summed E-state index contributed by atoms with van der Waals surface area (Å²) in [6, 6.07) is 1.46. The van der Waals surface area contributed by atoms with Crippen LogP contribution in [0.2, 0.25) is 0 Å². The van der Waals surface area contributed by atoms with Gasteiger partial charge in [0, 0.05) is 32.8 Å². The smallest absolute Gasteiger partial charge is 0.252 e. The van der Waals surface area contributed by atoms with Gasteiger partial charge in [0.25, 0.3) is 5.56 Å². The summed E-state index contributed by atoms with van der Waals surface area (Å²) in [5.74, 6) is 1.24. The molecule has 1 aromatic rings. The predicted octanol–water partition coefficient (Wildman–Crippen LogP) is 0.0684. The predicted molar refractivity (Wildman–Crippen MR) is 67.5 cm³/mol. The first-order valence-corrected chi connectivity index (χ1v) is 5.61. The van der Waals surface area contributed by atoms with Crippen molar-refractivity contribution in [1.82, 2.24) is 14.9 Å². The van der Waals surface area contributed by atoms with Gasteiger partial charge in [0.1, 0.15) is 11.6 Å². The van der Waals surface area contributed by atoms with Gasteiger partial charge in [0.15, 0.2) is 0 Å². The largest absolute Gasteiger partial charge is 0.383 e. The van der Waals surface area contributed by atoms with Crippen LogP contribution >= 0.6 is 0 Å². The molecule has 0 saturated heterocycles. The summed E-state index contributed by atoms with van der Waals surface area (Å²) in [6.07, 6.45) is 0. The van der Waals surface area contributed by atoms with Crippen LogP contribution in [0, 0.1) is 6.92 Å². The highest BCUT2D eigenvalue weighted by Crippen LogP contribution is 1.97. The minimum atomic E-state index is -0.132. The number of likely N-dealkylation sites (N-methyl/N-ethyl adjacent to an activating group) is 1. The maximum atomic E-state index is 11.2. The second-order valence-electron chi connectivity index (χ2n) is 3.94. The highest BCUT2D eigenvalue weighted by Gasteiger charge is 1.99. The molecule has 17 heavy (non-hydrogen) atoms. The summed E-state index contributed by atoms with van der Waals surface area (Å²) in [5.41, 5.74) is -0.132. The fraction of sp³-hybridized carbons (Fsp3) is 0.636. The Morgan fingerprint density at radius 2 is 2.29 bits per heavy atom. The molecule has 0 saturated carbocycles. The number of nitrogens with zero attached hydrogens (tertiary/aromatic N) is 2. The van der Waals surface area contributed by atoms with Gasteiger partial charge in [0.2, 0.25) is 0 Å². The quantitative estimate of drug-likeness (QED) is 0.705. The molecule has 2 N–H and O–H groups in total. The SMILES string of the molecule is COCCN(C)CCNc1cc(=O)[nH]c(C)n1. The molecular formula is C11H20N4O2. The van der Waals surface area contributed by atoms with Crippen molar-refractivity contribution in [3.8, 4) is 0 Å². The van der Waals surface area contributed by atoms with Crippen molar-refractivity contribution >= 4 is 5.82 Å². The number of H-pyrrole nitrogens is 1. The Balaban J connectivity index is 2.33. The third-order valence-corrected chi connectivity index (χ3v) is 2.34. The Morgan fingerprint density at radius 1 is 1.53 bits per heavy atom. The molecule has 0 aliphatic carbocycles. The van der Waals surface area contributed by atoms with E-state index in [1.807, 2.05) is 7.05 Å². The Bertz CT molecular complexity index is 391. The summed E-state index contributed by atoms with van der Waals surface area (Å²) >= 11 is 0. The maximum absolute atomic E-state index is 11.2. The Hall–Kier alpha value is -1.40. The number of hydrogen-bond acceptors (Lipinski definition) is 5. The van der Waals surface area contributed by atoms with E-state index in [0.717, 1.165) is 26.2 Å². The third-order valence-electron chi connectivity index (χ3n) is 2.34. The molecule has 0 spiro atoms. The zero-order chi connectivity index (χ0) is 12.7. The van der Waals surface area contributed by atoms with Crippen molar-refractivity contribution in [1.29, 1.82) is 0 Å². The molecule has 0 atom stereocenters. The lowest BCUT2D eigenvalue weighted by Crippen LogP contribution is -2.28. The molecule has 0 radical (unpaired) electrons. The lowest BCUT2D eigenvalue weighted by atomic mass is 10.4. The summed E-state index contributed by atoms with van der Waals surface area (Å²) < 4.78 is 4.99. The molecule has 6 nitrogen and oxygen atoms in total. The average Bonchev–Trinajstić information content (AvgIpc) is 2.25. The van der Waals surface area contributed by atoms with Crippen molar-refractivity contribution in [2.24, 2.45) is 0 Å². The summed E-state index contributed by atoms with van der Waals surface area (Å²) in [6.45, 7) is 4.99. The van der Waals surface area contributed by atoms with Crippen molar-refractivity contribution in [3.05, 3.63) is 22.2 Å². The number of anilines is 1. The monoisotopic (exact) mass is 240 g/mol. The first kappa shape index (κ1) is 13.7. The van der Waals surface area contributed by atoms with Crippen LogP contribution in [0.3, 0.4) is 0 Å². The molecule has 0 unspecified atom stereocenters. The Labute approximate surface area is 101 Å². The lowest BCUT2D eigenvalue weighted by Gasteiger charge is -2.16. The van der Waals surface area contributed by atoms with Crippen molar-refractivity contribution in [2.45, 2.75) is 6.92 Å². The number of aromatic amines is 1. The van der Waals surface area contributed by atoms with Crippen LogP contribution in [0.15, 0.2) is 10.9 Å². The van der Waals surface area contributed by atoms with E-state index in [2.05, 4.69) is 20.2 Å². The highest BCUT2D eigenvalue weighted by molar-refractivity contribution is 5.32. The molecule has 0 aromatic carbocycles. The molecule has 1 rings (SSSR count). The van der Waals surface area contributed by atoms with Gasteiger partial charge in [-0.15, -0.1) is 0 Å². The van der Waals surface area contributed by atoms with Crippen LogP contribution in [0.1, 0.15) is 5.82 Å². The Morgan fingerprint density at radius 3 is 2.94 bits per heavy atom. The van der Waals surface area contributed by atoms with E-state index in [0.29, 0.717) is 11.6 Å². The maximum Gasteiger partial charge on any atom is 0.252 e. The minimum Gasteiger partial charge on any atom is -0.383 e. The standard InChI is InChI=1S/C11H20N4O2/c1-9-13-10(8-11(16)14-9)12-4-5-15(2)6-7-17-3/h8H,4-7H2,1-3H3,(H2,12,13,14,16). The summed E-state index contributed by atoms with van der Waals surface area (Å²) in [7, 11) is 3.71. The molecule has 0 amide bonds. The third kappa shape index (κ3) is 5.46. The molecule has 96 valence electrons. The van der Waals surface area contributed by atoms with Crippen LogP contribution in [0.4, 0.5) is 5.82 Å². The van der Waals surface area contributed by atoms with Gasteiger partial charge >= 0.3 is 0 Å². The van der Waals surface area contributed by atoms with E-state index in [1.54, 1.807) is 14.0 Å². The number of nitrogens with one attached hydrogen (secondary N) is 2. The van der Waals surface area contributed by atoms with E-state index in [4.69, 9.17) is 4.74 Å². The zero-order valence-corrected chi connectivity index (χ0v) is 10.6. The van der Waals surface area contributed by atoms with E-state index < -0.39 is 0 Å². The summed E-state index contributed by atoms with van der Waals surface area (Å²) in [4.78, 5) is 20.1. The topological polar surface area (TPSA) is 70.2 Å². The molecule has 0 aliphatic rings. The fourth-order valence-corrected chi connectivity index (χ4v) is 1.40. The molecule has 0 aliphatic heterocycles. The van der Waals surface area contributed by atoms with Crippen LogP contribution in [0.5, 0.6) is 0 Å². The first-order chi connectivity index (χ1) is 8.11. The van der Waals surface area contributed by atoms with Gasteiger partial charge < -0.3 is 19.9 Å². The van der Waals surface area contributed by atoms with Crippen LogP contribution in [-0.4, -0.2) is 55.3 Å². The minimum absolute atomic E-state index is 0.132. The van der Waals surface area contributed by atoms with Gasteiger partial charge in [-0.2, -0.15) is 0 Å². The molecule has 1 heterocycles. The van der Waals surface area contributed by atoms with Gasteiger partial charge in [-0.1, -0.05) is 0 Å². The first-order valence-electron chi connectivity index (χ1n) is 5.61. The van der Waals surface area contributed by atoms with Crippen molar-refractivity contribution in [3.63, 3.8) is 0 Å². The van der Waals surface area contributed by atoms with E-state index in [1.165, 1.54) is 6.07 Å². The van der Waals surface area contributed by atoms with Gasteiger partial charge in [-0.25, -0.2) is 4.98 Å². The number of hydrogen-bond donors (Lipinski definition) is 2. The number of aromatic nitrogens is 2. The van der Waals surface area contributed by atoms with E-state index >= 15 is 0 Å². The molecule has 0 bridgehead atoms. The van der Waals surface area contributed by atoms with Crippen LogP contribution < -0.4 is 10.9 Å². The van der Waals surface area contributed by atoms with Gasteiger partial charge in [0.05, 0.1) is 6.61 Å². The Kier molecular flexibility index (Phi) is 5.65. The molecular weight excluding hydrogens is 220 g/mol. The average molecular weight is 240 g/mol. The molecule has 0 fully saturated rings. The molecule has 6 heteroatoms. The number of methoxy groups -OCH3 is 1. The van der Waals surface area contributed by atoms with Crippen molar-refractivity contribution < 1.29 is 4.74 Å². The zero-order valence-electron chi connectivity index (χ0n) is 10.6. The fourth-order valence-electron chi connectivity index (χ4n) is 1.40. The van der Waals surface area contributed by atoms with Crippen LogP contribution in [-0.2, 0) is 4.74 Å². The van der Waals surface area contributed by atoms with Crippen molar-refractivity contribution in [2.75, 3.05) is 45.7 Å². The lowest BCUT2D eigenvalue weighted by molar-refractivity contribution is 0.163. The van der Waals surface area contributed by atoms with E-state index in [-0.39, 0.29) is 5.56 Å². The second-order valence-corrected chi connectivity index (χ2v) is 3.94. The van der Waals surface area contributed by atoms with Gasteiger partial charge in [-0.3, -0.25) is 4.79 Å². The highest BCUT2D eigenvalue weighted by atomic mass is 16.5. The number of aryl methyl sites for hydroxylation is 1. The van der Waals surface area contributed by atoms with E-state index in [9.17, 15) is 4.79 Å². The normalized spacial score (nSPS) is 10.8. The second kappa shape index (κ2) is 7.03. The summed E-state index contributed by atoms with van der Waals surface area (Å²) in [5, 5.41) is 3.12. The number of ether oxygens (including phenoxy) is 1. The molecule has 1 aromatic heterocycles. The van der Waals surface area contributed by atoms with Gasteiger partial charge in [-0.05, 0) is 14.0 Å². The van der Waals surface area contributed by atoms with Crippen LogP contribution in [0.25, 0.3) is 0 Å².